The maximum absolute atomic E-state index is 13.4. The summed E-state index contributed by atoms with van der Waals surface area (Å²) in [7, 11) is 1.65. The first kappa shape index (κ1) is 8.16. The second-order valence-corrected chi connectivity index (χ2v) is 3.00. The average Bonchev–Trinajstić information content (AvgIpc) is 2.45. The van der Waals surface area contributed by atoms with Gasteiger partial charge in [0.1, 0.15) is 11.6 Å². The standard InChI is InChI=1S/C9H8F2N2/c1-5-7(10)3-8-6(9(5)11)4-12-13(8)2/h3-4H,1-2H3. The van der Waals surface area contributed by atoms with Crippen LogP contribution in [0.25, 0.3) is 10.9 Å². The van der Waals surface area contributed by atoms with E-state index in [4.69, 9.17) is 0 Å². The SMILES string of the molecule is Cc1c(F)cc2c(cnn2C)c1F. The van der Waals surface area contributed by atoms with Crippen molar-refractivity contribution in [1.82, 2.24) is 9.78 Å². The van der Waals surface area contributed by atoms with Gasteiger partial charge < -0.3 is 0 Å². The molecule has 0 saturated carbocycles. The molecule has 0 saturated heterocycles. The lowest BCUT2D eigenvalue weighted by molar-refractivity contribution is 0.576. The fourth-order valence-corrected chi connectivity index (χ4v) is 1.32. The van der Waals surface area contributed by atoms with Crippen LogP contribution in [0.4, 0.5) is 8.78 Å². The van der Waals surface area contributed by atoms with Crippen LogP contribution in [0.2, 0.25) is 0 Å². The third kappa shape index (κ3) is 1.02. The van der Waals surface area contributed by atoms with Crippen molar-refractivity contribution in [3.05, 3.63) is 29.5 Å². The molecule has 0 amide bonds. The largest absolute Gasteiger partial charge is 0.268 e. The van der Waals surface area contributed by atoms with Crippen LogP contribution < -0.4 is 0 Å². The van der Waals surface area contributed by atoms with Crippen LogP contribution in [0.3, 0.4) is 0 Å². The highest BCUT2D eigenvalue weighted by Gasteiger charge is 2.12. The maximum atomic E-state index is 13.4. The van der Waals surface area contributed by atoms with Crippen molar-refractivity contribution in [3.63, 3.8) is 0 Å². The van der Waals surface area contributed by atoms with Crippen LogP contribution >= 0.6 is 0 Å². The molecule has 13 heavy (non-hydrogen) atoms. The molecular formula is C9H8F2N2. The number of nitrogens with zero attached hydrogens (tertiary/aromatic N) is 2. The van der Waals surface area contributed by atoms with Gasteiger partial charge in [-0.15, -0.1) is 0 Å². The van der Waals surface area contributed by atoms with Crippen LogP contribution in [-0.2, 0) is 7.05 Å². The van der Waals surface area contributed by atoms with Gasteiger partial charge in [-0.05, 0) is 6.92 Å². The summed E-state index contributed by atoms with van der Waals surface area (Å²) in [6, 6.07) is 1.29. The number of hydrogen-bond acceptors (Lipinski definition) is 1. The first-order valence-corrected chi connectivity index (χ1v) is 3.87. The molecule has 0 N–H and O–H groups in total. The second kappa shape index (κ2) is 2.52. The third-order valence-corrected chi connectivity index (χ3v) is 2.17. The Bertz CT molecular complexity index is 474. The zero-order valence-corrected chi connectivity index (χ0v) is 7.31. The Labute approximate surface area is 73.8 Å². The van der Waals surface area contributed by atoms with Crippen molar-refractivity contribution < 1.29 is 8.78 Å². The van der Waals surface area contributed by atoms with Gasteiger partial charge in [0, 0.05) is 18.7 Å². The van der Waals surface area contributed by atoms with Gasteiger partial charge in [-0.1, -0.05) is 0 Å². The van der Waals surface area contributed by atoms with Crippen molar-refractivity contribution in [3.8, 4) is 0 Å². The van der Waals surface area contributed by atoms with Crippen LogP contribution in [0.1, 0.15) is 5.56 Å². The molecule has 0 radical (unpaired) electrons. The van der Waals surface area contributed by atoms with E-state index in [-0.39, 0.29) is 5.56 Å². The summed E-state index contributed by atoms with van der Waals surface area (Å²) < 4.78 is 27.9. The molecule has 0 bridgehead atoms. The zero-order chi connectivity index (χ0) is 9.59. The normalized spacial score (nSPS) is 11.1. The average molecular weight is 182 g/mol. The van der Waals surface area contributed by atoms with Crippen molar-refractivity contribution in [2.75, 3.05) is 0 Å². The van der Waals surface area contributed by atoms with Crippen LogP contribution in [-0.4, -0.2) is 9.78 Å². The Morgan fingerprint density at radius 2 is 2.08 bits per heavy atom. The second-order valence-electron chi connectivity index (χ2n) is 3.00. The van der Waals surface area contributed by atoms with E-state index < -0.39 is 11.6 Å². The summed E-state index contributed by atoms with van der Waals surface area (Å²) in [5.74, 6) is -1.06. The number of rotatable bonds is 0. The Morgan fingerprint density at radius 1 is 1.38 bits per heavy atom. The molecule has 0 unspecified atom stereocenters. The first-order valence-electron chi connectivity index (χ1n) is 3.87. The Kier molecular flexibility index (Phi) is 1.58. The summed E-state index contributed by atoms with van der Waals surface area (Å²) in [6.07, 6.45) is 1.40. The number of hydrogen-bond donors (Lipinski definition) is 0. The van der Waals surface area contributed by atoms with E-state index in [1.807, 2.05) is 0 Å². The molecule has 2 nitrogen and oxygen atoms in total. The Balaban J connectivity index is 2.96. The van der Waals surface area contributed by atoms with Crippen LogP contribution in [0.5, 0.6) is 0 Å². The molecule has 2 rings (SSSR count). The topological polar surface area (TPSA) is 17.8 Å². The molecule has 4 heteroatoms. The van der Waals surface area contributed by atoms with Gasteiger partial charge in [0.2, 0.25) is 0 Å². The van der Waals surface area contributed by atoms with Crippen molar-refractivity contribution in [1.29, 1.82) is 0 Å². The van der Waals surface area contributed by atoms with Gasteiger partial charge in [0.05, 0.1) is 17.1 Å². The smallest absolute Gasteiger partial charge is 0.140 e. The van der Waals surface area contributed by atoms with E-state index in [9.17, 15) is 8.78 Å². The Morgan fingerprint density at radius 3 is 2.77 bits per heavy atom. The number of aromatic nitrogens is 2. The molecule has 0 aliphatic rings. The summed E-state index contributed by atoms with van der Waals surface area (Å²) in [5, 5.41) is 4.21. The van der Waals surface area contributed by atoms with Gasteiger partial charge in [0.15, 0.2) is 0 Å². The summed E-state index contributed by atoms with van der Waals surface area (Å²) in [4.78, 5) is 0. The lowest BCUT2D eigenvalue weighted by atomic mass is 10.1. The fraction of sp³-hybridized carbons (Fsp3) is 0.222. The lowest BCUT2D eigenvalue weighted by Gasteiger charge is -2.00. The molecule has 0 aliphatic heterocycles. The molecular weight excluding hydrogens is 174 g/mol. The number of fused-ring (bicyclic) bond motifs is 1. The molecule has 1 aromatic carbocycles. The molecule has 2 aromatic rings. The van der Waals surface area contributed by atoms with Gasteiger partial charge in [-0.2, -0.15) is 5.10 Å². The number of halogens is 2. The van der Waals surface area contributed by atoms with E-state index in [0.717, 1.165) is 0 Å². The highest BCUT2D eigenvalue weighted by molar-refractivity contribution is 5.80. The van der Waals surface area contributed by atoms with Crippen LogP contribution in [0, 0.1) is 18.6 Å². The minimum Gasteiger partial charge on any atom is -0.268 e. The number of aryl methyl sites for hydroxylation is 1. The predicted octanol–water partition coefficient (Wildman–Crippen LogP) is 2.16. The van der Waals surface area contributed by atoms with Gasteiger partial charge in [-0.25, -0.2) is 8.78 Å². The molecule has 68 valence electrons. The first-order chi connectivity index (χ1) is 6.11. The maximum Gasteiger partial charge on any atom is 0.140 e. The molecule has 0 atom stereocenters. The summed E-state index contributed by atoms with van der Waals surface area (Å²) in [5.41, 5.74) is 0.515. The minimum atomic E-state index is -0.534. The molecule has 0 aliphatic carbocycles. The van der Waals surface area contributed by atoms with Gasteiger partial charge >= 0.3 is 0 Å². The minimum absolute atomic E-state index is 0.0421. The van der Waals surface area contributed by atoms with E-state index in [0.29, 0.717) is 10.9 Å². The summed E-state index contributed by atoms with van der Waals surface area (Å²) in [6.45, 7) is 1.41. The molecule has 1 heterocycles. The predicted molar refractivity (Wildman–Crippen MR) is 45.4 cm³/mol. The van der Waals surface area contributed by atoms with Gasteiger partial charge in [-0.3, -0.25) is 4.68 Å². The highest BCUT2D eigenvalue weighted by atomic mass is 19.1. The fourth-order valence-electron chi connectivity index (χ4n) is 1.32. The monoisotopic (exact) mass is 182 g/mol. The van der Waals surface area contributed by atoms with Crippen molar-refractivity contribution >= 4 is 10.9 Å². The van der Waals surface area contributed by atoms with Crippen molar-refractivity contribution in [2.24, 2.45) is 7.05 Å². The summed E-state index contributed by atoms with van der Waals surface area (Å²) >= 11 is 0. The zero-order valence-electron chi connectivity index (χ0n) is 7.31. The van der Waals surface area contributed by atoms with Gasteiger partial charge in [0.25, 0.3) is 0 Å². The Hall–Kier alpha value is -1.45. The molecule has 1 aromatic heterocycles. The van der Waals surface area contributed by atoms with E-state index in [1.165, 1.54) is 23.9 Å². The quantitative estimate of drug-likeness (QED) is 0.610. The van der Waals surface area contributed by atoms with E-state index >= 15 is 0 Å². The highest BCUT2D eigenvalue weighted by Crippen LogP contribution is 2.22. The lowest BCUT2D eigenvalue weighted by Crippen LogP contribution is -1.93. The number of benzene rings is 1. The van der Waals surface area contributed by atoms with Crippen molar-refractivity contribution in [2.45, 2.75) is 6.92 Å². The van der Waals surface area contributed by atoms with Crippen LogP contribution in [0.15, 0.2) is 12.3 Å². The van der Waals surface area contributed by atoms with E-state index in [2.05, 4.69) is 5.10 Å². The molecule has 0 fully saturated rings. The molecule has 0 spiro atoms. The van der Waals surface area contributed by atoms with E-state index in [1.54, 1.807) is 7.05 Å². The third-order valence-electron chi connectivity index (χ3n) is 2.17.